The molecule has 4 rings (SSSR count). The van der Waals surface area contributed by atoms with Gasteiger partial charge in [0, 0.05) is 0 Å². The molecule has 0 aromatic heterocycles. The summed E-state index contributed by atoms with van der Waals surface area (Å²) < 4.78 is 5.05. The van der Waals surface area contributed by atoms with E-state index in [4.69, 9.17) is 4.74 Å². The van der Waals surface area contributed by atoms with Crippen LogP contribution in [0.5, 0.6) is 0 Å². The fourth-order valence-corrected chi connectivity index (χ4v) is 5.42. The minimum Gasteiger partial charge on any atom is -0.849 e. The van der Waals surface area contributed by atoms with Gasteiger partial charge in [0.2, 0.25) is 0 Å². The highest BCUT2D eigenvalue weighted by Crippen LogP contribution is 2.67. The van der Waals surface area contributed by atoms with E-state index in [0.29, 0.717) is 11.8 Å². The molecule has 4 bridgehead atoms. The smallest absolute Gasteiger partial charge is 0.311 e. The molecule has 4 aliphatic rings. The van der Waals surface area contributed by atoms with Crippen molar-refractivity contribution in [3.05, 3.63) is 0 Å². The number of esters is 1. The zero-order valence-corrected chi connectivity index (χ0v) is 11.6. The fraction of sp³-hybridized carbons (Fsp3) is 0.933. The van der Waals surface area contributed by atoms with Crippen LogP contribution in [-0.4, -0.2) is 18.7 Å². The maximum absolute atomic E-state index is 12.7. The van der Waals surface area contributed by atoms with Crippen LogP contribution in [-0.2, 0) is 9.53 Å². The van der Waals surface area contributed by atoms with Crippen molar-refractivity contribution in [2.75, 3.05) is 7.11 Å². The molecule has 0 heterocycles. The van der Waals surface area contributed by atoms with Gasteiger partial charge in [-0.3, -0.25) is 4.79 Å². The molecule has 102 valence electrons. The Labute approximate surface area is 109 Å². The summed E-state index contributed by atoms with van der Waals surface area (Å²) in [4.78, 5) is 12.2. The van der Waals surface area contributed by atoms with Crippen molar-refractivity contribution in [2.24, 2.45) is 22.7 Å². The van der Waals surface area contributed by atoms with Gasteiger partial charge in [-0.05, 0) is 55.8 Å². The van der Waals surface area contributed by atoms with Crippen LogP contribution in [0.25, 0.3) is 0 Å². The molecule has 0 aromatic rings. The summed E-state index contributed by atoms with van der Waals surface area (Å²) in [5, 5.41) is 12.7. The first-order valence-corrected chi connectivity index (χ1v) is 7.09. The number of carbonyl (C=O) groups is 1. The Hall–Kier alpha value is -0.570. The second kappa shape index (κ2) is 3.50. The standard InChI is InChI=1S/C15H23O3/c1-13(2,17)15-7-10-4-11(8-15)6-14(5-10,9-15)12(16)18-3/h10-11H,4-9H2,1-3H3/q-1/t10-,11+,14?,15?. The predicted molar refractivity (Wildman–Crippen MR) is 65.6 cm³/mol. The van der Waals surface area contributed by atoms with Gasteiger partial charge in [-0.25, -0.2) is 0 Å². The van der Waals surface area contributed by atoms with E-state index < -0.39 is 5.60 Å². The van der Waals surface area contributed by atoms with Gasteiger partial charge in [0.15, 0.2) is 0 Å². The molecule has 0 saturated heterocycles. The summed E-state index contributed by atoms with van der Waals surface area (Å²) in [6.45, 7) is 3.62. The number of carbonyl (C=O) groups excluding carboxylic acids is 1. The zero-order chi connectivity index (χ0) is 13.2. The molecule has 4 atom stereocenters. The van der Waals surface area contributed by atoms with Crippen molar-refractivity contribution in [3.8, 4) is 0 Å². The average Bonchev–Trinajstić information content (AvgIpc) is 2.24. The molecule has 4 fully saturated rings. The second-order valence-electron chi connectivity index (χ2n) is 7.52. The highest BCUT2D eigenvalue weighted by Gasteiger charge is 2.62. The van der Waals surface area contributed by atoms with Crippen molar-refractivity contribution in [2.45, 2.75) is 58.0 Å². The van der Waals surface area contributed by atoms with E-state index in [-0.39, 0.29) is 16.8 Å². The van der Waals surface area contributed by atoms with E-state index >= 15 is 0 Å². The van der Waals surface area contributed by atoms with E-state index in [1.54, 1.807) is 0 Å². The lowest BCUT2D eigenvalue weighted by Crippen LogP contribution is -2.65. The summed E-state index contributed by atoms with van der Waals surface area (Å²) in [5.41, 5.74) is -1.45. The molecule has 2 unspecified atom stereocenters. The summed E-state index contributed by atoms with van der Waals surface area (Å²) in [5.74, 6) is 1.07. The first-order valence-electron chi connectivity index (χ1n) is 7.09. The van der Waals surface area contributed by atoms with Crippen LogP contribution >= 0.6 is 0 Å². The number of hydrogen-bond donors (Lipinski definition) is 0. The predicted octanol–water partition coefficient (Wildman–Crippen LogP) is 1.88. The molecule has 0 aromatic carbocycles. The van der Waals surface area contributed by atoms with Gasteiger partial charge in [-0.15, -0.1) is 5.60 Å². The van der Waals surface area contributed by atoms with Crippen LogP contribution in [0.4, 0.5) is 0 Å². The maximum Gasteiger partial charge on any atom is 0.311 e. The van der Waals surface area contributed by atoms with Gasteiger partial charge in [-0.2, -0.15) is 0 Å². The molecule has 18 heavy (non-hydrogen) atoms. The summed E-state index contributed by atoms with van der Waals surface area (Å²) in [6, 6.07) is 0. The molecular weight excluding hydrogens is 228 g/mol. The molecule has 0 radical (unpaired) electrons. The van der Waals surface area contributed by atoms with Crippen LogP contribution in [0.3, 0.4) is 0 Å². The van der Waals surface area contributed by atoms with Gasteiger partial charge < -0.3 is 9.84 Å². The summed E-state index contributed by atoms with van der Waals surface area (Å²) >= 11 is 0. The molecule has 4 saturated carbocycles. The molecule has 3 nitrogen and oxygen atoms in total. The van der Waals surface area contributed by atoms with Crippen LogP contribution in [0, 0.1) is 22.7 Å². The number of rotatable bonds is 2. The van der Waals surface area contributed by atoms with Crippen molar-refractivity contribution in [3.63, 3.8) is 0 Å². The lowest BCUT2D eigenvalue weighted by atomic mass is 9.41. The van der Waals surface area contributed by atoms with Gasteiger partial charge in [-0.1, -0.05) is 13.8 Å². The zero-order valence-electron chi connectivity index (χ0n) is 11.6. The highest BCUT2D eigenvalue weighted by atomic mass is 16.5. The van der Waals surface area contributed by atoms with Gasteiger partial charge in [0.1, 0.15) is 0 Å². The first-order chi connectivity index (χ1) is 8.30. The van der Waals surface area contributed by atoms with Crippen molar-refractivity contribution < 1.29 is 14.6 Å². The molecular formula is C15H23O3-. The Bertz CT molecular complexity index is 366. The third kappa shape index (κ3) is 1.49. The second-order valence-corrected chi connectivity index (χ2v) is 7.52. The normalized spacial score (nSPS) is 46.2. The molecule has 0 N–H and O–H groups in total. The third-order valence-corrected chi connectivity index (χ3v) is 5.96. The highest BCUT2D eigenvalue weighted by molar-refractivity contribution is 5.77. The van der Waals surface area contributed by atoms with Crippen LogP contribution in [0.1, 0.15) is 52.4 Å². The molecule has 0 aliphatic heterocycles. The van der Waals surface area contributed by atoms with E-state index in [0.717, 1.165) is 32.1 Å². The van der Waals surface area contributed by atoms with E-state index in [2.05, 4.69) is 0 Å². The minimum absolute atomic E-state index is 0.0646. The first kappa shape index (κ1) is 12.5. The lowest BCUT2D eigenvalue weighted by Gasteiger charge is -2.68. The summed E-state index contributed by atoms with van der Waals surface area (Å²) in [6.07, 6.45) is 5.94. The Morgan fingerprint density at radius 2 is 1.78 bits per heavy atom. The molecule has 0 spiro atoms. The van der Waals surface area contributed by atoms with E-state index in [1.807, 2.05) is 13.8 Å². The quantitative estimate of drug-likeness (QED) is 0.704. The van der Waals surface area contributed by atoms with Crippen molar-refractivity contribution in [1.82, 2.24) is 0 Å². The van der Waals surface area contributed by atoms with E-state index in [9.17, 15) is 9.90 Å². The van der Waals surface area contributed by atoms with Crippen molar-refractivity contribution >= 4 is 5.97 Å². The molecule has 3 heteroatoms. The fourth-order valence-electron chi connectivity index (χ4n) is 5.42. The molecule has 4 aliphatic carbocycles. The average molecular weight is 251 g/mol. The third-order valence-electron chi connectivity index (χ3n) is 5.96. The van der Waals surface area contributed by atoms with Gasteiger partial charge in [0.25, 0.3) is 0 Å². The van der Waals surface area contributed by atoms with Crippen LogP contribution in [0.2, 0.25) is 0 Å². The minimum atomic E-state index is -0.940. The Kier molecular flexibility index (Phi) is 2.42. The van der Waals surface area contributed by atoms with E-state index in [1.165, 1.54) is 13.5 Å². The number of hydrogen-bond acceptors (Lipinski definition) is 3. The number of methoxy groups -OCH3 is 1. The largest absolute Gasteiger partial charge is 0.849 e. The maximum atomic E-state index is 12.7. The topological polar surface area (TPSA) is 49.4 Å². The Morgan fingerprint density at radius 3 is 2.22 bits per heavy atom. The lowest BCUT2D eigenvalue weighted by molar-refractivity contribution is -0.506. The number of ether oxygens (including phenoxy) is 1. The SMILES string of the molecule is COC(=O)C12C[C@H]3C[C@@H](C1)CC(C(C)(C)[O-])(C3)C2. The summed E-state index contributed by atoms with van der Waals surface area (Å²) in [7, 11) is 1.48. The Balaban J connectivity index is 2.00. The Morgan fingerprint density at radius 1 is 1.22 bits per heavy atom. The molecule has 0 amide bonds. The van der Waals surface area contributed by atoms with Crippen LogP contribution < -0.4 is 5.11 Å². The van der Waals surface area contributed by atoms with Crippen LogP contribution in [0.15, 0.2) is 0 Å². The van der Waals surface area contributed by atoms with Crippen molar-refractivity contribution in [1.29, 1.82) is 0 Å². The van der Waals surface area contributed by atoms with Gasteiger partial charge >= 0.3 is 5.97 Å². The monoisotopic (exact) mass is 251 g/mol. The van der Waals surface area contributed by atoms with Gasteiger partial charge in [0.05, 0.1) is 12.5 Å².